The van der Waals surface area contributed by atoms with Gasteiger partial charge in [-0.05, 0) is 26.3 Å². The number of morpholine rings is 1. The average molecular weight is 268 g/mol. The Balaban J connectivity index is 1.80. The minimum Gasteiger partial charge on any atom is -0.381 e. The molecule has 19 heavy (non-hydrogen) atoms. The lowest BCUT2D eigenvalue weighted by Gasteiger charge is -2.50. The monoisotopic (exact) mass is 268 g/mol. The number of hydrogen-bond acceptors (Lipinski definition) is 4. The molecular weight excluding hydrogens is 240 g/mol. The molecule has 110 valence electrons. The molecule has 0 aromatic carbocycles. The van der Waals surface area contributed by atoms with Gasteiger partial charge in [0.25, 0.3) is 0 Å². The maximum absolute atomic E-state index is 5.65. The summed E-state index contributed by atoms with van der Waals surface area (Å²) < 4.78 is 11.2. The molecule has 2 atom stereocenters. The van der Waals surface area contributed by atoms with Gasteiger partial charge in [0.05, 0.1) is 19.8 Å². The molecular formula is C15H28N2O2. The van der Waals surface area contributed by atoms with Gasteiger partial charge in [-0.25, -0.2) is 0 Å². The van der Waals surface area contributed by atoms with E-state index in [4.69, 9.17) is 9.47 Å². The molecule has 0 aromatic heterocycles. The Bertz CT molecular complexity index is 280. The molecule has 4 heteroatoms. The van der Waals surface area contributed by atoms with Crippen molar-refractivity contribution in [1.82, 2.24) is 10.2 Å². The van der Waals surface area contributed by atoms with Gasteiger partial charge < -0.3 is 14.8 Å². The van der Waals surface area contributed by atoms with Gasteiger partial charge in [-0.2, -0.15) is 0 Å². The highest BCUT2D eigenvalue weighted by atomic mass is 16.5. The molecule has 0 aromatic rings. The zero-order chi connectivity index (χ0) is 13.1. The second kappa shape index (κ2) is 6.08. The standard InChI is InChI=1S/C15H28N2O2/c1-16-14(13-4-9-19-12-13)15(5-2-3-6-15)17-7-10-18-11-8-17/h13-14,16H,2-12H2,1H3. The van der Waals surface area contributed by atoms with Crippen LogP contribution in [0.5, 0.6) is 0 Å². The lowest BCUT2D eigenvalue weighted by molar-refractivity contribution is -0.0440. The summed E-state index contributed by atoms with van der Waals surface area (Å²) in [5, 5.41) is 3.66. The molecule has 0 radical (unpaired) electrons. The number of likely N-dealkylation sites (N-methyl/N-ethyl adjacent to an activating group) is 1. The summed E-state index contributed by atoms with van der Waals surface area (Å²) in [4.78, 5) is 2.73. The largest absolute Gasteiger partial charge is 0.381 e. The van der Waals surface area contributed by atoms with Crippen LogP contribution in [-0.2, 0) is 9.47 Å². The van der Waals surface area contributed by atoms with Crippen LogP contribution in [-0.4, -0.2) is 63.0 Å². The van der Waals surface area contributed by atoms with Crippen LogP contribution in [0.15, 0.2) is 0 Å². The van der Waals surface area contributed by atoms with Gasteiger partial charge in [-0.3, -0.25) is 4.90 Å². The van der Waals surface area contributed by atoms with Crippen LogP contribution in [0.4, 0.5) is 0 Å². The summed E-state index contributed by atoms with van der Waals surface area (Å²) in [7, 11) is 2.14. The summed E-state index contributed by atoms with van der Waals surface area (Å²) in [5.74, 6) is 0.686. The molecule has 0 amide bonds. The fourth-order valence-corrected chi connectivity index (χ4v) is 4.58. The first-order valence-electron chi connectivity index (χ1n) is 7.95. The first-order chi connectivity index (χ1) is 9.37. The Kier molecular flexibility index (Phi) is 4.42. The molecule has 2 saturated heterocycles. The van der Waals surface area contributed by atoms with E-state index >= 15 is 0 Å². The van der Waals surface area contributed by atoms with E-state index in [-0.39, 0.29) is 0 Å². The van der Waals surface area contributed by atoms with E-state index in [1.807, 2.05) is 0 Å². The third-order valence-corrected chi connectivity index (χ3v) is 5.44. The molecule has 2 heterocycles. The predicted molar refractivity (Wildman–Crippen MR) is 75.4 cm³/mol. The van der Waals surface area contributed by atoms with Crippen LogP contribution in [0.3, 0.4) is 0 Å². The number of nitrogens with zero attached hydrogens (tertiary/aromatic N) is 1. The highest BCUT2D eigenvalue weighted by Crippen LogP contribution is 2.42. The molecule has 3 aliphatic rings. The van der Waals surface area contributed by atoms with Gasteiger partial charge in [-0.15, -0.1) is 0 Å². The second-order valence-corrected chi connectivity index (χ2v) is 6.30. The molecule has 3 fully saturated rings. The number of rotatable bonds is 4. The van der Waals surface area contributed by atoms with Crippen molar-refractivity contribution in [3.05, 3.63) is 0 Å². The first kappa shape index (κ1) is 13.8. The predicted octanol–water partition coefficient (Wildman–Crippen LogP) is 1.26. The van der Waals surface area contributed by atoms with Crippen LogP contribution in [0.2, 0.25) is 0 Å². The summed E-state index contributed by atoms with van der Waals surface area (Å²) >= 11 is 0. The summed E-state index contributed by atoms with van der Waals surface area (Å²) in [5.41, 5.74) is 0.358. The van der Waals surface area contributed by atoms with Crippen LogP contribution >= 0.6 is 0 Å². The van der Waals surface area contributed by atoms with Crippen LogP contribution < -0.4 is 5.32 Å². The fraction of sp³-hybridized carbons (Fsp3) is 1.00. The summed E-state index contributed by atoms with van der Waals surface area (Å²) in [6.45, 7) is 5.90. The minimum absolute atomic E-state index is 0.358. The topological polar surface area (TPSA) is 33.7 Å². The van der Waals surface area contributed by atoms with E-state index < -0.39 is 0 Å². The number of nitrogens with one attached hydrogen (secondary N) is 1. The maximum atomic E-state index is 5.65. The molecule has 4 nitrogen and oxygen atoms in total. The van der Waals surface area contributed by atoms with Crippen molar-refractivity contribution in [2.45, 2.75) is 43.7 Å². The summed E-state index contributed by atoms with van der Waals surface area (Å²) in [6, 6.07) is 0.579. The van der Waals surface area contributed by atoms with Gasteiger partial charge >= 0.3 is 0 Å². The quantitative estimate of drug-likeness (QED) is 0.832. The molecule has 0 bridgehead atoms. The van der Waals surface area contributed by atoms with Gasteiger partial charge in [-0.1, -0.05) is 12.8 Å². The van der Waals surface area contributed by atoms with Crippen LogP contribution in [0.1, 0.15) is 32.1 Å². The highest BCUT2D eigenvalue weighted by Gasteiger charge is 2.48. The van der Waals surface area contributed by atoms with E-state index in [1.54, 1.807) is 0 Å². The second-order valence-electron chi connectivity index (χ2n) is 6.30. The first-order valence-corrected chi connectivity index (χ1v) is 7.95. The molecule has 1 N–H and O–H groups in total. The van der Waals surface area contributed by atoms with E-state index in [2.05, 4.69) is 17.3 Å². The van der Waals surface area contributed by atoms with Gasteiger partial charge in [0, 0.05) is 37.2 Å². The van der Waals surface area contributed by atoms with Crippen molar-refractivity contribution >= 4 is 0 Å². The van der Waals surface area contributed by atoms with E-state index in [0.717, 1.165) is 39.5 Å². The minimum atomic E-state index is 0.358. The van der Waals surface area contributed by atoms with Crippen LogP contribution in [0, 0.1) is 5.92 Å². The van der Waals surface area contributed by atoms with Gasteiger partial charge in [0.2, 0.25) is 0 Å². The third kappa shape index (κ3) is 2.56. The molecule has 3 rings (SSSR count). The Hall–Kier alpha value is -0.160. The van der Waals surface area contributed by atoms with E-state index in [0.29, 0.717) is 17.5 Å². The Labute approximate surface area is 116 Å². The van der Waals surface area contributed by atoms with Crippen molar-refractivity contribution in [3.63, 3.8) is 0 Å². The maximum Gasteiger partial charge on any atom is 0.0594 e. The molecule has 2 aliphatic heterocycles. The van der Waals surface area contributed by atoms with Crippen molar-refractivity contribution in [3.8, 4) is 0 Å². The average Bonchev–Trinajstić information content (AvgIpc) is 3.13. The van der Waals surface area contributed by atoms with Crippen molar-refractivity contribution < 1.29 is 9.47 Å². The zero-order valence-corrected chi connectivity index (χ0v) is 12.2. The third-order valence-electron chi connectivity index (χ3n) is 5.44. The number of ether oxygens (including phenoxy) is 2. The Morgan fingerprint density at radius 3 is 2.42 bits per heavy atom. The van der Waals surface area contributed by atoms with Crippen molar-refractivity contribution in [2.24, 2.45) is 5.92 Å². The lowest BCUT2D eigenvalue weighted by Crippen LogP contribution is -2.64. The Morgan fingerprint density at radius 1 is 1.11 bits per heavy atom. The molecule has 1 aliphatic carbocycles. The lowest BCUT2D eigenvalue weighted by atomic mass is 9.78. The summed E-state index contributed by atoms with van der Waals surface area (Å²) in [6.07, 6.45) is 6.66. The van der Waals surface area contributed by atoms with Crippen molar-refractivity contribution in [2.75, 3.05) is 46.6 Å². The Morgan fingerprint density at radius 2 is 1.84 bits per heavy atom. The normalized spacial score (nSPS) is 33.6. The smallest absolute Gasteiger partial charge is 0.0594 e. The van der Waals surface area contributed by atoms with Crippen molar-refractivity contribution in [1.29, 1.82) is 0 Å². The van der Waals surface area contributed by atoms with Gasteiger partial charge in [0.1, 0.15) is 0 Å². The SMILES string of the molecule is CNC(C1CCOC1)C1(N2CCOCC2)CCCC1. The fourth-order valence-electron chi connectivity index (χ4n) is 4.58. The van der Waals surface area contributed by atoms with Crippen LogP contribution in [0.25, 0.3) is 0 Å². The number of hydrogen-bond donors (Lipinski definition) is 1. The molecule has 2 unspecified atom stereocenters. The van der Waals surface area contributed by atoms with E-state index in [1.165, 1.54) is 32.1 Å². The highest BCUT2D eigenvalue weighted by molar-refractivity contribution is 5.06. The van der Waals surface area contributed by atoms with E-state index in [9.17, 15) is 0 Å². The molecule has 0 spiro atoms. The molecule has 1 saturated carbocycles. The zero-order valence-electron chi connectivity index (χ0n) is 12.2. The van der Waals surface area contributed by atoms with Gasteiger partial charge in [0.15, 0.2) is 0 Å².